The van der Waals surface area contributed by atoms with E-state index in [0.717, 1.165) is 96.3 Å². The zero-order valence-electron chi connectivity index (χ0n) is 46.9. The lowest BCUT2D eigenvalue weighted by atomic mass is 10.0. The number of hydrogen-bond donors (Lipinski definition) is 0. The third kappa shape index (κ3) is 57.0. The average molecular weight is 1000 g/mol. The van der Waals surface area contributed by atoms with Crippen molar-refractivity contribution in [3.8, 4) is 0 Å². The number of carbonyl (C=O) groups is 3. The molecule has 72 heavy (non-hydrogen) atoms. The zero-order chi connectivity index (χ0) is 52.2. The van der Waals surface area contributed by atoms with Gasteiger partial charge in [-0.1, -0.05) is 265 Å². The molecule has 0 heterocycles. The predicted molar refractivity (Wildman–Crippen MR) is 311 cm³/mol. The molecule has 6 heteroatoms. The summed E-state index contributed by atoms with van der Waals surface area (Å²) in [7, 11) is 0. The Morgan fingerprint density at radius 3 is 0.889 bits per heavy atom. The molecule has 6 nitrogen and oxygen atoms in total. The molecule has 0 radical (unpaired) electrons. The molecule has 1 unspecified atom stereocenters. The molecule has 0 bridgehead atoms. The Hall–Kier alpha value is -3.93. The Morgan fingerprint density at radius 2 is 0.556 bits per heavy atom. The average Bonchev–Trinajstić information content (AvgIpc) is 3.38. The molecule has 0 aliphatic rings. The van der Waals surface area contributed by atoms with E-state index >= 15 is 0 Å². The molecule has 1 atom stereocenters. The van der Waals surface area contributed by atoms with Gasteiger partial charge in [0.1, 0.15) is 13.2 Å². The van der Waals surface area contributed by atoms with E-state index in [4.69, 9.17) is 14.2 Å². The molecule has 0 aromatic rings. The summed E-state index contributed by atoms with van der Waals surface area (Å²) in [4.78, 5) is 38.2. The van der Waals surface area contributed by atoms with Crippen LogP contribution in [0.5, 0.6) is 0 Å². The van der Waals surface area contributed by atoms with E-state index in [2.05, 4.69) is 130 Å². The molecule has 0 rings (SSSR count). The SMILES string of the molecule is CC/C=C\C/C=C\C/C=C\C/C=C\C/C=C\CCCC(=O)OC(COC(=O)CCCC/C=C\C/C=C\C/C=C\C/C=C\CC)COC(=O)CCCCCCCCCCCCCCCCCCCCCCCC. The van der Waals surface area contributed by atoms with Crippen LogP contribution in [0.4, 0.5) is 0 Å². The van der Waals surface area contributed by atoms with E-state index in [-0.39, 0.29) is 37.5 Å². The molecule has 0 aliphatic carbocycles. The molecule has 0 N–H and O–H groups in total. The van der Waals surface area contributed by atoms with Gasteiger partial charge in [-0.3, -0.25) is 14.4 Å². The number of ether oxygens (including phenoxy) is 3. The fraction of sp³-hybridized carbons (Fsp3) is 0.682. The van der Waals surface area contributed by atoms with Crippen LogP contribution >= 0.6 is 0 Å². The summed E-state index contributed by atoms with van der Waals surface area (Å²) in [5.41, 5.74) is 0. The van der Waals surface area contributed by atoms with Gasteiger partial charge in [-0.05, 0) is 96.3 Å². The summed E-state index contributed by atoms with van der Waals surface area (Å²) in [5, 5.41) is 0. The van der Waals surface area contributed by atoms with Gasteiger partial charge in [0.2, 0.25) is 0 Å². The number of unbranched alkanes of at least 4 members (excludes halogenated alkanes) is 24. The van der Waals surface area contributed by atoms with Gasteiger partial charge >= 0.3 is 17.9 Å². The number of allylic oxidation sites excluding steroid dienone is 18. The normalized spacial score (nSPS) is 12.9. The van der Waals surface area contributed by atoms with Crippen LogP contribution in [0.1, 0.15) is 271 Å². The molecular weight excluding hydrogens is 889 g/mol. The number of esters is 3. The number of hydrogen-bond acceptors (Lipinski definition) is 6. The van der Waals surface area contributed by atoms with Gasteiger partial charge in [0.05, 0.1) is 0 Å². The van der Waals surface area contributed by atoms with Crippen molar-refractivity contribution in [2.24, 2.45) is 0 Å². The van der Waals surface area contributed by atoms with Gasteiger partial charge in [0.15, 0.2) is 6.10 Å². The van der Waals surface area contributed by atoms with Crippen LogP contribution < -0.4 is 0 Å². The third-order valence-electron chi connectivity index (χ3n) is 12.5. The van der Waals surface area contributed by atoms with Crippen LogP contribution in [0.15, 0.2) is 109 Å². The quantitative estimate of drug-likeness (QED) is 0.0261. The zero-order valence-corrected chi connectivity index (χ0v) is 46.9. The molecule has 0 aliphatic heterocycles. The summed E-state index contributed by atoms with van der Waals surface area (Å²) in [6, 6.07) is 0. The second-order valence-corrected chi connectivity index (χ2v) is 19.5. The topological polar surface area (TPSA) is 78.9 Å². The highest BCUT2D eigenvalue weighted by Crippen LogP contribution is 2.16. The fourth-order valence-electron chi connectivity index (χ4n) is 8.12. The molecule has 0 saturated heterocycles. The number of rotatable bonds is 53. The molecule has 410 valence electrons. The third-order valence-corrected chi connectivity index (χ3v) is 12.5. The van der Waals surface area contributed by atoms with Crippen molar-refractivity contribution >= 4 is 17.9 Å². The first-order valence-electron chi connectivity index (χ1n) is 29.9. The van der Waals surface area contributed by atoms with E-state index in [9.17, 15) is 14.4 Å². The highest BCUT2D eigenvalue weighted by atomic mass is 16.6. The molecule has 0 aromatic heterocycles. The maximum Gasteiger partial charge on any atom is 0.306 e. The molecule has 0 aromatic carbocycles. The van der Waals surface area contributed by atoms with Crippen molar-refractivity contribution in [2.45, 2.75) is 277 Å². The van der Waals surface area contributed by atoms with Crippen molar-refractivity contribution in [1.82, 2.24) is 0 Å². The molecule has 0 saturated carbocycles. The van der Waals surface area contributed by atoms with Gasteiger partial charge in [-0.15, -0.1) is 0 Å². The maximum absolute atomic E-state index is 12.8. The van der Waals surface area contributed by atoms with Gasteiger partial charge in [0, 0.05) is 19.3 Å². The lowest BCUT2D eigenvalue weighted by molar-refractivity contribution is -0.167. The Bertz CT molecular complexity index is 1470. The van der Waals surface area contributed by atoms with E-state index in [1.807, 2.05) is 0 Å². The van der Waals surface area contributed by atoms with Gasteiger partial charge in [0.25, 0.3) is 0 Å². The minimum absolute atomic E-state index is 0.113. The Morgan fingerprint density at radius 1 is 0.292 bits per heavy atom. The Balaban J connectivity index is 4.45. The first-order valence-corrected chi connectivity index (χ1v) is 29.9. The molecule has 0 amide bonds. The molecule has 0 spiro atoms. The molecular formula is C66H110O6. The van der Waals surface area contributed by atoms with Crippen molar-refractivity contribution in [1.29, 1.82) is 0 Å². The fourth-order valence-corrected chi connectivity index (χ4v) is 8.12. The highest BCUT2D eigenvalue weighted by molar-refractivity contribution is 5.71. The summed E-state index contributed by atoms with van der Waals surface area (Å²) in [6.45, 7) is 6.35. The first kappa shape index (κ1) is 68.1. The van der Waals surface area contributed by atoms with E-state index in [1.54, 1.807) is 0 Å². The van der Waals surface area contributed by atoms with Crippen molar-refractivity contribution in [3.63, 3.8) is 0 Å². The van der Waals surface area contributed by atoms with Crippen LogP contribution in [0.3, 0.4) is 0 Å². The van der Waals surface area contributed by atoms with E-state index in [0.29, 0.717) is 25.7 Å². The van der Waals surface area contributed by atoms with Gasteiger partial charge in [-0.25, -0.2) is 0 Å². The Kier molecular flexibility index (Phi) is 56.4. The van der Waals surface area contributed by atoms with Crippen molar-refractivity contribution < 1.29 is 28.6 Å². The lowest BCUT2D eigenvalue weighted by Crippen LogP contribution is -2.30. The summed E-state index contributed by atoms with van der Waals surface area (Å²) >= 11 is 0. The van der Waals surface area contributed by atoms with Crippen LogP contribution in [0.25, 0.3) is 0 Å². The predicted octanol–water partition coefficient (Wildman–Crippen LogP) is 20.3. The van der Waals surface area contributed by atoms with E-state index < -0.39 is 6.10 Å². The number of carbonyl (C=O) groups excluding carboxylic acids is 3. The smallest absolute Gasteiger partial charge is 0.306 e. The minimum Gasteiger partial charge on any atom is -0.462 e. The second-order valence-electron chi connectivity index (χ2n) is 19.5. The van der Waals surface area contributed by atoms with E-state index in [1.165, 1.54) is 122 Å². The summed E-state index contributed by atoms with van der Waals surface area (Å²) in [6.07, 6.45) is 81.0. The highest BCUT2D eigenvalue weighted by Gasteiger charge is 2.19. The standard InChI is InChI=1S/C66H110O6/c1-4-7-10-13-16-19-22-25-28-30-31-32-33-34-36-38-41-44-47-50-53-56-59-65(68)71-62-63(61-70-64(67)58-55-52-49-46-43-40-37-27-24-21-18-15-12-9-6-3)72-66(69)60-57-54-51-48-45-42-39-35-29-26-23-20-17-14-11-8-5-2/h8-9,11-12,17-18,20-21,26-27,29,37,39,42-43,46,48,51,63H,4-7,10,13-16,19,22-25,28,30-36,38,40-41,44-45,47,49-50,52-62H2,1-3H3/b11-8-,12-9-,20-17-,21-18-,29-26-,37-27-,42-39-,46-43-,51-48-. The maximum atomic E-state index is 12.8. The minimum atomic E-state index is -0.826. The van der Waals surface area contributed by atoms with Gasteiger partial charge in [-0.2, -0.15) is 0 Å². The van der Waals surface area contributed by atoms with Crippen LogP contribution in [-0.2, 0) is 28.6 Å². The second kappa shape index (κ2) is 59.6. The lowest BCUT2D eigenvalue weighted by Gasteiger charge is -2.18. The summed E-state index contributed by atoms with van der Waals surface area (Å²) in [5.74, 6) is -1.01. The monoisotopic (exact) mass is 999 g/mol. The van der Waals surface area contributed by atoms with Gasteiger partial charge < -0.3 is 14.2 Å². The van der Waals surface area contributed by atoms with Crippen molar-refractivity contribution in [3.05, 3.63) is 109 Å². The van der Waals surface area contributed by atoms with Crippen LogP contribution in [0.2, 0.25) is 0 Å². The summed E-state index contributed by atoms with van der Waals surface area (Å²) < 4.78 is 16.8. The Labute approximate surface area is 444 Å². The first-order chi connectivity index (χ1) is 35.5. The van der Waals surface area contributed by atoms with Crippen LogP contribution in [0, 0.1) is 0 Å². The van der Waals surface area contributed by atoms with Crippen molar-refractivity contribution in [2.75, 3.05) is 13.2 Å². The molecule has 0 fully saturated rings. The van der Waals surface area contributed by atoms with Crippen LogP contribution in [-0.4, -0.2) is 37.2 Å². The largest absolute Gasteiger partial charge is 0.462 e.